The topological polar surface area (TPSA) is 65.1 Å². The van der Waals surface area contributed by atoms with Gasteiger partial charge in [-0.15, -0.1) is 11.3 Å². The average molecular weight is 210 g/mol. The standard InChI is InChI=1S/C9H10N2O2S/c12-3-2-10-9(13)7-5-8-6(11-7)1-4-14-8/h1,4-5,11-12H,2-3H2,(H,10,13). The highest BCUT2D eigenvalue weighted by atomic mass is 32.1. The molecule has 0 spiro atoms. The maximum Gasteiger partial charge on any atom is 0.267 e. The van der Waals surface area contributed by atoms with E-state index in [1.807, 2.05) is 17.5 Å². The molecule has 4 nitrogen and oxygen atoms in total. The first-order chi connectivity index (χ1) is 6.81. The van der Waals surface area contributed by atoms with E-state index in [1.54, 1.807) is 11.3 Å². The van der Waals surface area contributed by atoms with Gasteiger partial charge in [-0.3, -0.25) is 4.79 Å². The second-order valence-electron chi connectivity index (χ2n) is 2.86. The molecule has 0 aliphatic heterocycles. The molecule has 3 N–H and O–H groups in total. The Balaban J connectivity index is 2.18. The van der Waals surface area contributed by atoms with Gasteiger partial charge in [0.25, 0.3) is 5.91 Å². The molecule has 0 aliphatic rings. The normalized spacial score (nSPS) is 10.6. The van der Waals surface area contributed by atoms with E-state index in [2.05, 4.69) is 10.3 Å². The van der Waals surface area contributed by atoms with Crippen molar-refractivity contribution in [2.75, 3.05) is 13.2 Å². The van der Waals surface area contributed by atoms with Crippen molar-refractivity contribution in [3.8, 4) is 0 Å². The zero-order valence-electron chi connectivity index (χ0n) is 7.41. The summed E-state index contributed by atoms with van der Waals surface area (Å²) in [5, 5.41) is 13.1. The Kier molecular flexibility index (Phi) is 2.51. The number of hydrogen-bond acceptors (Lipinski definition) is 3. The highest BCUT2D eigenvalue weighted by molar-refractivity contribution is 7.17. The summed E-state index contributed by atoms with van der Waals surface area (Å²) >= 11 is 1.59. The molecule has 2 rings (SSSR count). The number of aromatic amines is 1. The molecular formula is C9H10N2O2S. The number of amides is 1. The fourth-order valence-electron chi connectivity index (χ4n) is 1.24. The second-order valence-corrected chi connectivity index (χ2v) is 3.81. The van der Waals surface area contributed by atoms with Gasteiger partial charge in [0.2, 0.25) is 0 Å². The lowest BCUT2D eigenvalue weighted by molar-refractivity contribution is 0.0940. The highest BCUT2D eigenvalue weighted by Gasteiger charge is 2.08. The molecule has 0 fully saturated rings. The number of carbonyl (C=O) groups excluding carboxylic acids is 1. The second kappa shape index (κ2) is 3.81. The van der Waals surface area contributed by atoms with Gasteiger partial charge in [0.15, 0.2) is 0 Å². The predicted octanol–water partition coefficient (Wildman–Crippen LogP) is 0.952. The maximum atomic E-state index is 11.4. The summed E-state index contributed by atoms with van der Waals surface area (Å²) in [6, 6.07) is 3.75. The van der Waals surface area contributed by atoms with Crippen molar-refractivity contribution in [2.45, 2.75) is 0 Å². The van der Waals surface area contributed by atoms with Gasteiger partial charge >= 0.3 is 0 Å². The lowest BCUT2D eigenvalue weighted by Crippen LogP contribution is -2.26. The number of carbonyl (C=O) groups is 1. The molecule has 5 heteroatoms. The largest absolute Gasteiger partial charge is 0.395 e. The number of aliphatic hydroxyl groups is 1. The number of hydrogen-bond donors (Lipinski definition) is 3. The van der Waals surface area contributed by atoms with Crippen LogP contribution in [0.25, 0.3) is 10.2 Å². The Bertz CT molecular complexity index is 418. The lowest BCUT2D eigenvalue weighted by atomic mass is 10.4. The SMILES string of the molecule is O=C(NCCO)c1cc2sccc2[nH]1. The van der Waals surface area contributed by atoms with Crippen LogP contribution < -0.4 is 5.32 Å². The van der Waals surface area contributed by atoms with Gasteiger partial charge < -0.3 is 15.4 Å². The first-order valence-electron chi connectivity index (χ1n) is 4.26. The Morgan fingerprint density at radius 1 is 1.64 bits per heavy atom. The van der Waals surface area contributed by atoms with E-state index < -0.39 is 0 Å². The molecule has 0 radical (unpaired) electrons. The van der Waals surface area contributed by atoms with E-state index in [-0.39, 0.29) is 19.1 Å². The van der Waals surface area contributed by atoms with Gasteiger partial charge in [-0.1, -0.05) is 0 Å². The molecule has 1 amide bonds. The van der Waals surface area contributed by atoms with E-state index in [1.165, 1.54) is 0 Å². The van der Waals surface area contributed by atoms with Crippen LogP contribution in [0, 0.1) is 0 Å². The molecule has 2 heterocycles. The van der Waals surface area contributed by atoms with E-state index in [0.29, 0.717) is 5.69 Å². The Morgan fingerprint density at radius 3 is 3.21 bits per heavy atom. The smallest absolute Gasteiger partial charge is 0.267 e. The molecule has 14 heavy (non-hydrogen) atoms. The summed E-state index contributed by atoms with van der Waals surface area (Å²) in [4.78, 5) is 14.4. The molecule has 0 saturated heterocycles. The summed E-state index contributed by atoms with van der Waals surface area (Å²) in [5.41, 5.74) is 1.52. The molecule has 0 aliphatic carbocycles. The molecule has 0 saturated carbocycles. The number of rotatable bonds is 3. The molecule has 2 aromatic rings. The van der Waals surface area contributed by atoms with Crippen LogP contribution in [0.1, 0.15) is 10.5 Å². The number of thiophene rings is 1. The molecule has 0 bridgehead atoms. The summed E-state index contributed by atoms with van der Waals surface area (Å²) < 4.78 is 1.07. The fourth-order valence-corrected chi connectivity index (χ4v) is 2.02. The molecule has 0 atom stereocenters. The van der Waals surface area contributed by atoms with Crippen molar-refractivity contribution in [3.63, 3.8) is 0 Å². The van der Waals surface area contributed by atoms with Gasteiger partial charge in [0.05, 0.1) is 16.8 Å². The number of H-pyrrole nitrogens is 1. The van der Waals surface area contributed by atoms with Crippen molar-refractivity contribution in [3.05, 3.63) is 23.2 Å². The number of fused-ring (bicyclic) bond motifs is 1. The molecule has 74 valence electrons. The first kappa shape index (κ1) is 9.23. The highest BCUT2D eigenvalue weighted by Crippen LogP contribution is 2.20. The van der Waals surface area contributed by atoms with Gasteiger partial charge in [0, 0.05) is 6.54 Å². The van der Waals surface area contributed by atoms with Gasteiger partial charge in [-0.05, 0) is 17.5 Å². The average Bonchev–Trinajstić information content (AvgIpc) is 2.72. The van der Waals surface area contributed by atoms with Crippen LogP contribution >= 0.6 is 11.3 Å². The minimum atomic E-state index is -0.178. The molecule has 2 aromatic heterocycles. The Labute approximate surface area is 84.6 Å². The first-order valence-corrected chi connectivity index (χ1v) is 5.14. The summed E-state index contributed by atoms with van der Waals surface area (Å²) in [5.74, 6) is -0.178. The van der Waals surface area contributed by atoms with Crippen molar-refractivity contribution in [1.29, 1.82) is 0 Å². The fraction of sp³-hybridized carbons (Fsp3) is 0.222. The lowest BCUT2D eigenvalue weighted by Gasteiger charge is -1.99. The van der Waals surface area contributed by atoms with Crippen LogP contribution in [0.4, 0.5) is 0 Å². The van der Waals surface area contributed by atoms with Crippen molar-refractivity contribution in [1.82, 2.24) is 10.3 Å². The zero-order valence-corrected chi connectivity index (χ0v) is 8.23. The van der Waals surface area contributed by atoms with E-state index in [4.69, 9.17) is 5.11 Å². The molecule has 0 aromatic carbocycles. The van der Waals surface area contributed by atoms with Gasteiger partial charge in [-0.25, -0.2) is 0 Å². The van der Waals surface area contributed by atoms with E-state index in [0.717, 1.165) is 10.2 Å². The quantitative estimate of drug-likeness (QED) is 0.706. The summed E-state index contributed by atoms with van der Waals surface area (Å²) in [6.45, 7) is 0.242. The Morgan fingerprint density at radius 2 is 2.50 bits per heavy atom. The monoisotopic (exact) mass is 210 g/mol. The van der Waals surface area contributed by atoms with Crippen molar-refractivity contribution >= 4 is 27.5 Å². The molecular weight excluding hydrogens is 200 g/mol. The van der Waals surface area contributed by atoms with Crippen LogP contribution in [0.15, 0.2) is 17.5 Å². The van der Waals surface area contributed by atoms with Gasteiger partial charge in [0.1, 0.15) is 5.69 Å². The third-order valence-corrected chi connectivity index (χ3v) is 2.75. The minimum absolute atomic E-state index is 0.0409. The zero-order chi connectivity index (χ0) is 9.97. The predicted molar refractivity (Wildman–Crippen MR) is 55.6 cm³/mol. The third-order valence-electron chi connectivity index (χ3n) is 1.88. The van der Waals surface area contributed by atoms with Crippen LogP contribution in [0.5, 0.6) is 0 Å². The summed E-state index contributed by atoms with van der Waals surface area (Å²) in [7, 11) is 0. The van der Waals surface area contributed by atoms with E-state index >= 15 is 0 Å². The van der Waals surface area contributed by atoms with Crippen molar-refractivity contribution in [2.24, 2.45) is 0 Å². The molecule has 0 unspecified atom stereocenters. The van der Waals surface area contributed by atoms with Crippen LogP contribution in [-0.4, -0.2) is 29.1 Å². The minimum Gasteiger partial charge on any atom is -0.395 e. The van der Waals surface area contributed by atoms with Gasteiger partial charge in [-0.2, -0.15) is 0 Å². The number of nitrogens with one attached hydrogen (secondary N) is 2. The van der Waals surface area contributed by atoms with Crippen LogP contribution in [-0.2, 0) is 0 Å². The summed E-state index contributed by atoms with van der Waals surface area (Å²) in [6.07, 6.45) is 0. The number of aromatic nitrogens is 1. The van der Waals surface area contributed by atoms with Crippen LogP contribution in [0.3, 0.4) is 0 Å². The Hall–Kier alpha value is -1.33. The maximum absolute atomic E-state index is 11.4. The third kappa shape index (κ3) is 1.64. The van der Waals surface area contributed by atoms with Crippen LogP contribution in [0.2, 0.25) is 0 Å². The van der Waals surface area contributed by atoms with Crippen molar-refractivity contribution < 1.29 is 9.90 Å². The van der Waals surface area contributed by atoms with E-state index in [9.17, 15) is 4.79 Å². The number of aliphatic hydroxyl groups excluding tert-OH is 1.